The molecule has 0 radical (unpaired) electrons. The Morgan fingerprint density at radius 3 is 1.00 bits per heavy atom. The zero-order chi connectivity index (χ0) is 43.3. The highest BCUT2D eigenvalue weighted by Crippen LogP contribution is 2.38. The summed E-state index contributed by atoms with van der Waals surface area (Å²) in [6.45, 7) is 9.44. The number of carbonyl (C=O) groups excluding carboxylic acids is 4. The van der Waals surface area contributed by atoms with Gasteiger partial charge in [0.15, 0.2) is 11.1 Å². The predicted octanol–water partition coefficient (Wildman–Crippen LogP) is 6.27. The average molecular weight is 819 g/mol. The molecule has 0 bridgehead atoms. The number of nitro groups is 2. The number of nitrogens with two attached hydrogens (primary N) is 2. The third kappa shape index (κ3) is 12.9. The summed E-state index contributed by atoms with van der Waals surface area (Å²) < 4.78 is 0. The standard InChI is InChI=1S/C20H34N6O6.C20H36N4O2/c1-19(17(21)27,15(25(29)30)13-9-5-3-6-10-13)23-24-20(2,18(22)28)16(26(31)32)14-11-7-4-8-12-14;1-19(2,17(25)21-15-11-7-5-8-12-15)23-24-20(3,4)18(26)22-16-13-9-6-10-14-16/h13-16H,3-12H2,1-2H3,(H2,21,27)(H2,22,28);15-16H,5-14H2,1-4H3,(H,21,25)(H,22,26). The van der Waals surface area contributed by atoms with Gasteiger partial charge >= 0.3 is 0 Å². The van der Waals surface area contributed by atoms with Crippen molar-refractivity contribution in [3.8, 4) is 0 Å². The maximum absolute atomic E-state index is 12.6. The van der Waals surface area contributed by atoms with Gasteiger partial charge in [0, 0.05) is 33.8 Å². The molecule has 4 atom stereocenters. The quantitative estimate of drug-likeness (QED) is 0.0780. The van der Waals surface area contributed by atoms with E-state index in [1.807, 2.05) is 0 Å². The van der Waals surface area contributed by atoms with Crippen molar-refractivity contribution in [2.45, 2.75) is 216 Å². The lowest BCUT2D eigenvalue weighted by atomic mass is 9.75. The van der Waals surface area contributed by atoms with Gasteiger partial charge in [-0.2, -0.15) is 20.5 Å². The van der Waals surface area contributed by atoms with Gasteiger partial charge in [-0.1, -0.05) is 77.0 Å². The number of nitrogens with zero attached hydrogens (tertiary/aromatic N) is 6. The zero-order valence-electron chi connectivity index (χ0n) is 35.7. The Labute approximate surface area is 343 Å². The fourth-order valence-electron chi connectivity index (χ4n) is 8.85. The summed E-state index contributed by atoms with van der Waals surface area (Å²) in [5.41, 5.74) is 5.01. The van der Waals surface area contributed by atoms with Crippen molar-refractivity contribution in [1.29, 1.82) is 0 Å². The number of carbonyl (C=O) groups is 4. The van der Waals surface area contributed by atoms with Gasteiger partial charge in [-0.15, -0.1) is 0 Å². The molecule has 4 saturated carbocycles. The van der Waals surface area contributed by atoms with Gasteiger partial charge in [-0.25, -0.2) is 0 Å². The predicted molar refractivity (Wildman–Crippen MR) is 218 cm³/mol. The van der Waals surface area contributed by atoms with E-state index >= 15 is 0 Å². The van der Waals surface area contributed by atoms with Crippen LogP contribution >= 0.6 is 0 Å². The summed E-state index contributed by atoms with van der Waals surface area (Å²) in [6.07, 6.45) is 18.5. The van der Waals surface area contributed by atoms with Crippen LogP contribution in [0.1, 0.15) is 170 Å². The third-order valence-electron chi connectivity index (χ3n) is 12.8. The number of azo groups is 2. The largest absolute Gasteiger partial charge is 0.367 e. The van der Waals surface area contributed by atoms with E-state index in [-0.39, 0.29) is 23.9 Å². The second-order valence-corrected chi connectivity index (χ2v) is 18.4. The van der Waals surface area contributed by atoms with Crippen molar-refractivity contribution in [3.63, 3.8) is 0 Å². The number of primary amides is 2. The van der Waals surface area contributed by atoms with E-state index < -0.39 is 67.7 Å². The Morgan fingerprint density at radius 2 is 0.759 bits per heavy atom. The lowest BCUT2D eigenvalue weighted by Crippen LogP contribution is -2.58. The van der Waals surface area contributed by atoms with Crippen LogP contribution in [0.2, 0.25) is 0 Å². The van der Waals surface area contributed by atoms with Gasteiger partial charge in [0.25, 0.3) is 23.9 Å². The van der Waals surface area contributed by atoms with Crippen molar-refractivity contribution in [1.82, 2.24) is 10.6 Å². The molecule has 4 aliphatic carbocycles. The highest BCUT2D eigenvalue weighted by Gasteiger charge is 2.57. The normalized spacial score (nSPS) is 22.7. The smallest absolute Gasteiger partial charge is 0.254 e. The highest BCUT2D eigenvalue weighted by atomic mass is 16.6. The average Bonchev–Trinajstić information content (AvgIpc) is 3.18. The molecule has 0 aromatic rings. The Bertz CT molecular complexity index is 1390. The number of rotatable bonds is 16. The maximum atomic E-state index is 12.6. The van der Waals surface area contributed by atoms with E-state index in [0.29, 0.717) is 25.7 Å². The summed E-state index contributed by atoms with van der Waals surface area (Å²) in [6, 6.07) is -2.42. The molecule has 0 spiro atoms. The molecular formula is C40H70N10O8. The number of hydrogen-bond acceptors (Lipinski definition) is 12. The first-order valence-corrected chi connectivity index (χ1v) is 21.5. The first-order valence-electron chi connectivity index (χ1n) is 21.5. The molecule has 18 nitrogen and oxygen atoms in total. The molecule has 4 unspecified atom stereocenters. The molecule has 6 N–H and O–H groups in total. The van der Waals surface area contributed by atoms with Crippen LogP contribution in [0, 0.1) is 32.1 Å². The lowest BCUT2D eigenvalue weighted by molar-refractivity contribution is -0.542. The van der Waals surface area contributed by atoms with E-state index in [0.717, 1.165) is 64.2 Å². The van der Waals surface area contributed by atoms with Crippen molar-refractivity contribution >= 4 is 23.6 Å². The van der Waals surface area contributed by atoms with Crippen LogP contribution in [0.25, 0.3) is 0 Å². The van der Waals surface area contributed by atoms with Gasteiger partial charge in [0.1, 0.15) is 0 Å². The van der Waals surface area contributed by atoms with Gasteiger partial charge in [0.2, 0.25) is 22.9 Å². The van der Waals surface area contributed by atoms with E-state index in [1.165, 1.54) is 52.4 Å². The van der Waals surface area contributed by atoms with Crippen LogP contribution in [-0.2, 0) is 19.2 Å². The van der Waals surface area contributed by atoms with E-state index in [9.17, 15) is 39.4 Å². The summed E-state index contributed by atoms with van der Waals surface area (Å²) in [4.78, 5) is 72.8. The second kappa shape index (κ2) is 21.2. The van der Waals surface area contributed by atoms with Crippen LogP contribution in [-0.4, -0.2) is 79.8 Å². The Hall–Kier alpha value is -4.12. The summed E-state index contributed by atoms with van der Waals surface area (Å²) in [7, 11) is 0. The Balaban J connectivity index is 0.000000317. The van der Waals surface area contributed by atoms with Crippen molar-refractivity contribution in [3.05, 3.63) is 20.2 Å². The minimum Gasteiger partial charge on any atom is -0.367 e. The topological polar surface area (TPSA) is 280 Å². The molecule has 0 heterocycles. The van der Waals surface area contributed by atoms with Crippen molar-refractivity contribution in [2.75, 3.05) is 0 Å². The van der Waals surface area contributed by atoms with E-state index in [1.54, 1.807) is 27.7 Å². The highest BCUT2D eigenvalue weighted by molar-refractivity contribution is 5.87. The fourth-order valence-corrected chi connectivity index (χ4v) is 8.85. The van der Waals surface area contributed by atoms with Crippen molar-refractivity contribution < 1.29 is 29.0 Å². The molecule has 4 fully saturated rings. The van der Waals surface area contributed by atoms with Gasteiger partial charge in [0.05, 0.1) is 0 Å². The molecule has 0 aromatic heterocycles. The van der Waals surface area contributed by atoms with Gasteiger partial charge < -0.3 is 22.1 Å². The van der Waals surface area contributed by atoms with Crippen molar-refractivity contribution in [2.24, 2.45) is 43.8 Å². The molecule has 18 heteroatoms. The molecule has 4 rings (SSSR count). The molecular weight excluding hydrogens is 749 g/mol. The van der Waals surface area contributed by atoms with Crippen LogP contribution in [0.15, 0.2) is 20.5 Å². The maximum Gasteiger partial charge on any atom is 0.254 e. The summed E-state index contributed by atoms with van der Waals surface area (Å²) >= 11 is 0. The molecule has 0 aromatic carbocycles. The molecule has 4 amide bonds. The lowest BCUT2D eigenvalue weighted by Gasteiger charge is -2.34. The molecule has 4 aliphatic rings. The minimum absolute atomic E-state index is 0.114. The minimum atomic E-state index is -2.07. The van der Waals surface area contributed by atoms with E-state index in [2.05, 4.69) is 31.1 Å². The Kier molecular flexibility index (Phi) is 17.7. The van der Waals surface area contributed by atoms with Crippen LogP contribution < -0.4 is 22.1 Å². The monoisotopic (exact) mass is 819 g/mol. The second-order valence-electron chi connectivity index (χ2n) is 18.4. The first kappa shape index (κ1) is 48.3. The molecule has 328 valence electrons. The number of amides is 4. The third-order valence-corrected chi connectivity index (χ3v) is 12.8. The van der Waals surface area contributed by atoms with Crippen LogP contribution in [0.5, 0.6) is 0 Å². The summed E-state index contributed by atoms with van der Waals surface area (Å²) in [5.74, 6) is -3.26. The summed E-state index contributed by atoms with van der Waals surface area (Å²) in [5, 5.41) is 46.6. The molecule has 0 saturated heterocycles. The fraction of sp³-hybridized carbons (Fsp3) is 0.900. The van der Waals surface area contributed by atoms with Gasteiger partial charge in [-0.3, -0.25) is 39.4 Å². The SMILES string of the molecule is CC(C)(N=NC(C)(C)C(=O)NC1CCCCC1)C(=O)NC1CCCCC1.CC(N=NC(C)(C(N)=O)C(C1CCCCC1)[N+](=O)[O-])(C(N)=O)C(C1CCCCC1)[N+](=O)[O-]. The number of nitrogens with one attached hydrogen (secondary N) is 2. The molecule has 58 heavy (non-hydrogen) atoms. The number of hydrogen-bond donors (Lipinski definition) is 4. The van der Waals surface area contributed by atoms with Gasteiger partial charge in [-0.05, 0) is 92.9 Å². The Morgan fingerprint density at radius 1 is 0.500 bits per heavy atom. The van der Waals surface area contributed by atoms with Crippen LogP contribution in [0.4, 0.5) is 0 Å². The molecule has 0 aliphatic heterocycles. The first-order chi connectivity index (χ1) is 27.2. The van der Waals surface area contributed by atoms with Crippen LogP contribution in [0.3, 0.4) is 0 Å². The zero-order valence-corrected chi connectivity index (χ0v) is 35.7. The van der Waals surface area contributed by atoms with E-state index in [4.69, 9.17) is 11.5 Å².